The fraction of sp³-hybridized carbons (Fsp3) is 0.345. The maximum absolute atomic E-state index is 13.2. The molecule has 3 aromatic rings. The van der Waals surface area contributed by atoms with Crippen LogP contribution in [0.15, 0.2) is 72.8 Å². The smallest absolute Gasteiger partial charge is 0.251 e. The first-order valence-corrected chi connectivity index (χ1v) is 14.2. The molecule has 0 spiro atoms. The number of para-hydroxylation sites is 1. The lowest BCUT2D eigenvalue weighted by Gasteiger charge is -2.41. The van der Waals surface area contributed by atoms with Gasteiger partial charge in [-0.2, -0.15) is 0 Å². The van der Waals surface area contributed by atoms with Crippen LogP contribution in [-0.4, -0.2) is 26.2 Å². The number of aryl methyl sites for hydroxylation is 1. The fourth-order valence-corrected chi connectivity index (χ4v) is 5.67. The molecule has 36 heavy (non-hydrogen) atoms. The average Bonchev–Trinajstić information content (AvgIpc) is 2.87. The maximum Gasteiger partial charge on any atom is 0.251 e. The number of sulfonamides is 1. The maximum atomic E-state index is 13.2. The largest absolute Gasteiger partial charge is 0.487 e. The average molecular weight is 507 g/mol. The lowest BCUT2D eigenvalue weighted by Crippen LogP contribution is -2.44. The molecule has 1 amide bonds. The Bertz CT molecular complexity index is 1330. The van der Waals surface area contributed by atoms with Crippen molar-refractivity contribution in [3.8, 4) is 5.75 Å². The Morgan fingerprint density at radius 3 is 2.28 bits per heavy atom. The number of anilines is 1. The third-order valence-corrected chi connectivity index (χ3v) is 8.32. The Hall–Kier alpha value is -3.32. The van der Waals surface area contributed by atoms with Crippen molar-refractivity contribution in [2.45, 2.75) is 58.2 Å². The minimum Gasteiger partial charge on any atom is -0.487 e. The number of ether oxygens (including phenoxy) is 1. The van der Waals surface area contributed by atoms with Crippen LogP contribution in [-0.2, 0) is 16.6 Å². The van der Waals surface area contributed by atoms with Crippen LogP contribution in [0.3, 0.4) is 0 Å². The minimum atomic E-state index is -3.52. The predicted octanol–water partition coefficient (Wildman–Crippen LogP) is 5.77. The number of hydrogen-bond acceptors (Lipinski definition) is 4. The van der Waals surface area contributed by atoms with E-state index in [4.69, 9.17) is 4.74 Å². The van der Waals surface area contributed by atoms with E-state index in [1.54, 1.807) is 24.3 Å². The monoisotopic (exact) mass is 506 g/mol. The van der Waals surface area contributed by atoms with E-state index in [2.05, 4.69) is 19.2 Å². The van der Waals surface area contributed by atoms with Crippen LogP contribution in [0.25, 0.3) is 0 Å². The van der Waals surface area contributed by atoms with Crippen molar-refractivity contribution >= 4 is 21.6 Å². The number of benzene rings is 3. The quantitative estimate of drug-likeness (QED) is 0.421. The summed E-state index contributed by atoms with van der Waals surface area (Å²) in [5.74, 6) is 0.613. The highest BCUT2D eigenvalue weighted by Gasteiger charge is 2.39. The summed E-state index contributed by atoms with van der Waals surface area (Å²) in [4.78, 5) is 13.2. The molecule has 3 aromatic carbocycles. The first kappa shape index (κ1) is 25.8. The topological polar surface area (TPSA) is 75.7 Å². The molecular formula is C29H34N2O4S. The normalized spacial score (nSPS) is 16.5. The SMILES string of the molecule is CCC1(CC)C[C@@H](NC(=O)c2ccc(N(Cc3ccccc3C)S(C)(=O)=O)cc2)c2ccccc2O1. The van der Waals surface area contributed by atoms with Gasteiger partial charge in [0.25, 0.3) is 5.91 Å². The summed E-state index contributed by atoms with van der Waals surface area (Å²) in [5.41, 5.74) is 3.60. The molecule has 1 aliphatic rings. The van der Waals surface area contributed by atoms with Crippen molar-refractivity contribution in [3.05, 3.63) is 95.1 Å². The second kappa shape index (κ2) is 10.3. The molecule has 6 nitrogen and oxygen atoms in total. The van der Waals surface area contributed by atoms with Crippen LogP contribution in [0.4, 0.5) is 5.69 Å². The van der Waals surface area contributed by atoms with Crippen molar-refractivity contribution in [1.82, 2.24) is 5.32 Å². The number of nitrogens with zero attached hydrogens (tertiary/aromatic N) is 1. The zero-order chi connectivity index (χ0) is 25.9. The Labute approximate surface area is 214 Å². The number of rotatable bonds is 8. The lowest BCUT2D eigenvalue weighted by atomic mass is 9.83. The number of nitrogens with one attached hydrogen (secondary N) is 1. The van der Waals surface area contributed by atoms with Crippen LogP contribution in [0.1, 0.15) is 66.2 Å². The van der Waals surface area contributed by atoms with Crippen LogP contribution in [0.5, 0.6) is 5.75 Å². The van der Waals surface area contributed by atoms with E-state index in [1.165, 1.54) is 10.6 Å². The zero-order valence-electron chi connectivity index (χ0n) is 21.3. The zero-order valence-corrected chi connectivity index (χ0v) is 22.1. The van der Waals surface area contributed by atoms with Gasteiger partial charge in [0.05, 0.1) is 24.5 Å². The molecular weight excluding hydrogens is 472 g/mol. The summed E-state index contributed by atoms with van der Waals surface area (Å²) in [6, 6.07) is 22.1. The Morgan fingerprint density at radius 2 is 1.64 bits per heavy atom. The molecule has 1 aliphatic heterocycles. The third kappa shape index (κ3) is 5.41. The van der Waals surface area contributed by atoms with E-state index in [-0.39, 0.29) is 24.1 Å². The number of carbonyl (C=O) groups is 1. The molecule has 1 N–H and O–H groups in total. The first-order chi connectivity index (χ1) is 17.2. The Morgan fingerprint density at radius 1 is 1.00 bits per heavy atom. The highest BCUT2D eigenvalue weighted by Crippen LogP contribution is 2.42. The molecule has 0 saturated heterocycles. The van der Waals surface area contributed by atoms with Crippen molar-refractivity contribution in [2.75, 3.05) is 10.6 Å². The molecule has 0 bridgehead atoms. The number of fused-ring (bicyclic) bond motifs is 1. The lowest BCUT2D eigenvalue weighted by molar-refractivity contribution is 0.0227. The second-order valence-corrected chi connectivity index (χ2v) is 11.4. The van der Waals surface area contributed by atoms with Gasteiger partial charge in [0.15, 0.2) is 0 Å². The van der Waals surface area contributed by atoms with Crippen LogP contribution < -0.4 is 14.4 Å². The summed E-state index contributed by atoms with van der Waals surface area (Å²) in [6.07, 6.45) is 3.59. The standard InChI is InChI=1S/C29H34N2O4S/c1-5-29(6-2)19-26(25-13-9-10-14-27(25)35-29)30-28(32)22-15-17-24(18-16-22)31(36(4,33)34)20-23-12-8-7-11-21(23)3/h7-18,26H,5-6,19-20H2,1-4H3,(H,30,32)/t26-/m1/s1. The van der Waals surface area contributed by atoms with Gasteiger partial charge in [-0.05, 0) is 61.2 Å². The van der Waals surface area contributed by atoms with E-state index >= 15 is 0 Å². The van der Waals surface area contributed by atoms with E-state index in [1.807, 2.05) is 55.5 Å². The fourth-order valence-electron chi connectivity index (χ4n) is 4.79. The minimum absolute atomic E-state index is 0.171. The van der Waals surface area contributed by atoms with E-state index in [0.29, 0.717) is 17.7 Å². The van der Waals surface area contributed by atoms with E-state index in [0.717, 1.165) is 35.3 Å². The predicted molar refractivity (Wildman–Crippen MR) is 144 cm³/mol. The number of carbonyl (C=O) groups excluding carboxylic acids is 1. The van der Waals surface area contributed by atoms with Crippen LogP contribution in [0, 0.1) is 6.92 Å². The first-order valence-electron chi connectivity index (χ1n) is 12.4. The molecule has 4 rings (SSSR count). The molecule has 0 fully saturated rings. The molecule has 1 heterocycles. The number of amides is 1. The van der Waals surface area contributed by atoms with E-state index < -0.39 is 10.0 Å². The molecule has 0 radical (unpaired) electrons. The van der Waals surface area contributed by atoms with Gasteiger partial charge in [-0.1, -0.05) is 56.3 Å². The van der Waals surface area contributed by atoms with Crippen molar-refractivity contribution in [2.24, 2.45) is 0 Å². The molecule has 0 saturated carbocycles. The van der Waals surface area contributed by atoms with Crippen LogP contribution in [0.2, 0.25) is 0 Å². The van der Waals surface area contributed by atoms with Gasteiger partial charge in [0.2, 0.25) is 10.0 Å². The molecule has 1 atom stereocenters. The highest BCUT2D eigenvalue weighted by molar-refractivity contribution is 7.92. The summed E-state index contributed by atoms with van der Waals surface area (Å²) < 4.78 is 32.9. The summed E-state index contributed by atoms with van der Waals surface area (Å²) in [5, 5.41) is 3.19. The Balaban J connectivity index is 1.56. The molecule has 7 heteroatoms. The molecule has 0 aromatic heterocycles. The second-order valence-electron chi connectivity index (χ2n) is 9.50. The van der Waals surface area contributed by atoms with Gasteiger partial charge in [0.1, 0.15) is 11.4 Å². The molecule has 190 valence electrons. The number of hydrogen-bond donors (Lipinski definition) is 1. The van der Waals surface area contributed by atoms with E-state index in [9.17, 15) is 13.2 Å². The third-order valence-electron chi connectivity index (χ3n) is 7.18. The highest BCUT2D eigenvalue weighted by atomic mass is 32.2. The summed E-state index contributed by atoms with van der Waals surface area (Å²) >= 11 is 0. The summed E-state index contributed by atoms with van der Waals surface area (Å²) in [6.45, 7) is 6.41. The Kier molecular flexibility index (Phi) is 7.41. The van der Waals surface area contributed by atoms with Crippen molar-refractivity contribution in [3.63, 3.8) is 0 Å². The van der Waals surface area contributed by atoms with Crippen LogP contribution >= 0.6 is 0 Å². The van der Waals surface area contributed by atoms with Crippen molar-refractivity contribution in [1.29, 1.82) is 0 Å². The molecule has 0 unspecified atom stereocenters. The van der Waals surface area contributed by atoms with Gasteiger partial charge in [-0.15, -0.1) is 0 Å². The van der Waals surface area contributed by atoms with Gasteiger partial charge in [-0.3, -0.25) is 9.10 Å². The van der Waals surface area contributed by atoms with Gasteiger partial charge < -0.3 is 10.1 Å². The summed E-state index contributed by atoms with van der Waals surface area (Å²) in [7, 11) is -3.52. The van der Waals surface area contributed by atoms with Gasteiger partial charge in [0, 0.05) is 17.5 Å². The molecule has 0 aliphatic carbocycles. The van der Waals surface area contributed by atoms with Gasteiger partial charge >= 0.3 is 0 Å². The van der Waals surface area contributed by atoms with Gasteiger partial charge in [-0.25, -0.2) is 8.42 Å². The van der Waals surface area contributed by atoms with Crippen molar-refractivity contribution < 1.29 is 17.9 Å².